The lowest BCUT2D eigenvalue weighted by Crippen LogP contribution is -2.43. The summed E-state index contributed by atoms with van der Waals surface area (Å²) >= 11 is 0. The molecule has 1 saturated heterocycles. The van der Waals surface area contributed by atoms with Crippen molar-refractivity contribution in [1.29, 1.82) is 0 Å². The number of nitrogens with two attached hydrogens (primary N) is 1. The Labute approximate surface area is 158 Å². The van der Waals surface area contributed by atoms with Gasteiger partial charge in [0.2, 0.25) is 5.91 Å². The molecule has 2 heterocycles. The van der Waals surface area contributed by atoms with Crippen molar-refractivity contribution < 1.29 is 14.3 Å². The van der Waals surface area contributed by atoms with E-state index < -0.39 is 5.91 Å². The fourth-order valence-corrected chi connectivity index (χ4v) is 3.99. The average Bonchev–Trinajstić information content (AvgIpc) is 2.96. The number of amides is 2. The second-order valence-corrected chi connectivity index (χ2v) is 7.09. The van der Waals surface area contributed by atoms with Crippen LogP contribution in [-0.2, 0) is 11.3 Å². The van der Waals surface area contributed by atoms with E-state index in [1.165, 1.54) is 0 Å². The molecular formula is C22H22N2O3. The number of ether oxygens (including phenoxy) is 1. The summed E-state index contributed by atoms with van der Waals surface area (Å²) in [4.78, 5) is 25.9. The Balaban J connectivity index is 1.48. The molecule has 5 nitrogen and oxygen atoms in total. The van der Waals surface area contributed by atoms with E-state index in [-0.39, 0.29) is 24.8 Å². The SMILES string of the molecule is NC(=O)c1cccc(C2=CC3CCC(C2)N3C(=O)OCc2ccccc2)c1. The molecule has 2 unspecified atom stereocenters. The molecule has 4 rings (SSSR count). The first-order valence-corrected chi connectivity index (χ1v) is 9.22. The van der Waals surface area contributed by atoms with Crippen LogP contribution in [0.15, 0.2) is 60.7 Å². The number of carbonyl (C=O) groups is 2. The summed E-state index contributed by atoms with van der Waals surface area (Å²) < 4.78 is 5.54. The Morgan fingerprint density at radius 3 is 2.63 bits per heavy atom. The zero-order valence-corrected chi connectivity index (χ0v) is 15.0. The molecule has 0 aliphatic carbocycles. The number of fused-ring (bicyclic) bond motifs is 2. The summed E-state index contributed by atoms with van der Waals surface area (Å²) in [6.45, 7) is 0.285. The van der Waals surface area contributed by atoms with Crippen molar-refractivity contribution in [2.24, 2.45) is 5.73 Å². The molecule has 5 heteroatoms. The highest BCUT2D eigenvalue weighted by Crippen LogP contribution is 2.39. The van der Waals surface area contributed by atoms with E-state index >= 15 is 0 Å². The first kappa shape index (κ1) is 17.3. The van der Waals surface area contributed by atoms with Gasteiger partial charge in [0.15, 0.2) is 0 Å². The summed E-state index contributed by atoms with van der Waals surface area (Å²) in [6.07, 6.45) is 4.53. The van der Waals surface area contributed by atoms with Crippen LogP contribution in [0, 0.1) is 0 Å². The van der Waals surface area contributed by atoms with Crippen LogP contribution < -0.4 is 5.73 Å². The minimum Gasteiger partial charge on any atom is -0.445 e. The van der Waals surface area contributed by atoms with Gasteiger partial charge in [-0.15, -0.1) is 0 Å². The van der Waals surface area contributed by atoms with Crippen LogP contribution in [0.4, 0.5) is 4.79 Å². The molecule has 1 fully saturated rings. The molecule has 2 N–H and O–H groups in total. The van der Waals surface area contributed by atoms with Gasteiger partial charge in [-0.3, -0.25) is 9.69 Å². The topological polar surface area (TPSA) is 72.6 Å². The third-order valence-electron chi connectivity index (χ3n) is 5.33. The molecule has 2 bridgehead atoms. The first-order chi connectivity index (χ1) is 13.1. The van der Waals surface area contributed by atoms with Crippen molar-refractivity contribution in [1.82, 2.24) is 4.90 Å². The predicted octanol–water partition coefficient (Wildman–Crippen LogP) is 3.74. The van der Waals surface area contributed by atoms with Gasteiger partial charge in [-0.05, 0) is 48.1 Å². The summed E-state index contributed by atoms with van der Waals surface area (Å²) in [6, 6.07) is 17.3. The highest BCUT2D eigenvalue weighted by Gasteiger charge is 2.40. The zero-order valence-electron chi connectivity index (χ0n) is 15.0. The molecular weight excluding hydrogens is 340 g/mol. The third kappa shape index (κ3) is 3.58. The maximum absolute atomic E-state index is 12.6. The fraction of sp³-hybridized carbons (Fsp3) is 0.273. The second kappa shape index (κ2) is 7.27. The monoisotopic (exact) mass is 362 g/mol. The average molecular weight is 362 g/mol. The molecule has 138 valence electrons. The molecule has 0 radical (unpaired) electrons. The number of benzene rings is 2. The van der Waals surface area contributed by atoms with Gasteiger partial charge in [-0.2, -0.15) is 0 Å². The number of primary amides is 1. The lowest BCUT2D eigenvalue weighted by Gasteiger charge is -2.33. The molecule has 2 aromatic rings. The van der Waals surface area contributed by atoms with Crippen LogP contribution in [0.3, 0.4) is 0 Å². The lowest BCUT2D eigenvalue weighted by atomic mass is 9.94. The third-order valence-corrected chi connectivity index (χ3v) is 5.33. The predicted molar refractivity (Wildman–Crippen MR) is 103 cm³/mol. The Morgan fingerprint density at radius 1 is 1.07 bits per heavy atom. The number of rotatable bonds is 4. The number of hydrogen-bond acceptors (Lipinski definition) is 3. The first-order valence-electron chi connectivity index (χ1n) is 9.22. The largest absolute Gasteiger partial charge is 0.445 e. The molecule has 0 saturated carbocycles. The smallest absolute Gasteiger partial charge is 0.410 e. The Morgan fingerprint density at radius 2 is 1.89 bits per heavy atom. The van der Waals surface area contributed by atoms with Crippen LogP contribution in [0.1, 0.15) is 40.7 Å². The molecule has 2 amide bonds. The van der Waals surface area contributed by atoms with Crippen molar-refractivity contribution in [3.63, 3.8) is 0 Å². The van der Waals surface area contributed by atoms with Gasteiger partial charge in [0.1, 0.15) is 6.61 Å². The Bertz CT molecular complexity index is 891. The second-order valence-electron chi connectivity index (χ2n) is 7.09. The van der Waals surface area contributed by atoms with Gasteiger partial charge in [-0.1, -0.05) is 48.5 Å². The molecule has 2 aliphatic rings. The van der Waals surface area contributed by atoms with Crippen LogP contribution in [0.25, 0.3) is 5.57 Å². The van der Waals surface area contributed by atoms with Crippen molar-refractivity contribution in [2.45, 2.75) is 38.0 Å². The highest BCUT2D eigenvalue weighted by atomic mass is 16.6. The molecule has 2 aliphatic heterocycles. The molecule has 2 aromatic carbocycles. The maximum Gasteiger partial charge on any atom is 0.410 e. The lowest BCUT2D eigenvalue weighted by molar-refractivity contribution is 0.0832. The molecule has 0 spiro atoms. The summed E-state index contributed by atoms with van der Waals surface area (Å²) in [5.74, 6) is -0.428. The molecule has 0 aromatic heterocycles. The number of nitrogens with zero attached hydrogens (tertiary/aromatic N) is 1. The van der Waals surface area contributed by atoms with E-state index in [0.29, 0.717) is 5.56 Å². The van der Waals surface area contributed by atoms with Crippen LogP contribution >= 0.6 is 0 Å². The van der Waals surface area contributed by atoms with Gasteiger partial charge in [0.25, 0.3) is 0 Å². The van der Waals surface area contributed by atoms with Gasteiger partial charge in [0, 0.05) is 11.6 Å². The normalized spacial score (nSPS) is 20.9. The molecule has 2 atom stereocenters. The standard InChI is InChI=1S/C22H22N2O3/c23-21(25)17-8-4-7-16(11-17)18-12-19-9-10-20(13-18)24(19)22(26)27-14-15-5-2-1-3-6-15/h1-8,11-12,19-20H,9-10,13-14H2,(H2,23,25). The van der Waals surface area contributed by atoms with E-state index in [1.54, 1.807) is 6.07 Å². The Hall–Kier alpha value is -3.08. The summed E-state index contributed by atoms with van der Waals surface area (Å²) in [7, 11) is 0. The van der Waals surface area contributed by atoms with E-state index in [9.17, 15) is 9.59 Å². The Kier molecular flexibility index (Phi) is 4.67. The summed E-state index contributed by atoms with van der Waals surface area (Å²) in [5.41, 5.74) is 9.05. The van der Waals surface area contributed by atoms with Gasteiger partial charge in [0.05, 0.1) is 6.04 Å². The zero-order chi connectivity index (χ0) is 18.8. The van der Waals surface area contributed by atoms with Crippen molar-refractivity contribution in [3.05, 3.63) is 77.4 Å². The fourth-order valence-electron chi connectivity index (χ4n) is 3.99. The number of carbonyl (C=O) groups excluding carboxylic acids is 2. The van der Waals surface area contributed by atoms with E-state index in [2.05, 4.69) is 6.08 Å². The van der Waals surface area contributed by atoms with E-state index in [0.717, 1.165) is 36.0 Å². The van der Waals surface area contributed by atoms with Gasteiger partial charge in [-0.25, -0.2) is 4.79 Å². The van der Waals surface area contributed by atoms with Gasteiger partial charge >= 0.3 is 6.09 Å². The van der Waals surface area contributed by atoms with E-state index in [4.69, 9.17) is 10.5 Å². The van der Waals surface area contributed by atoms with Crippen molar-refractivity contribution in [2.75, 3.05) is 0 Å². The molecule has 27 heavy (non-hydrogen) atoms. The van der Waals surface area contributed by atoms with Crippen molar-refractivity contribution in [3.8, 4) is 0 Å². The van der Waals surface area contributed by atoms with Crippen LogP contribution in [-0.4, -0.2) is 29.0 Å². The highest BCUT2D eigenvalue weighted by molar-refractivity contribution is 5.93. The summed E-state index contributed by atoms with van der Waals surface area (Å²) in [5, 5.41) is 0. The quantitative estimate of drug-likeness (QED) is 0.900. The van der Waals surface area contributed by atoms with Crippen LogP contribution in [0.5, 0.6) is 0 Å². The number of hydrogen-bond donors (Lipinski definition) is 1. The van der Waals surface area contributed by atoms with Gasteiger partial charge < -0.3 is 10.5 Å². The minimum absolute atomic E-state index is 0.0410. The maximum atomic E-state index is 12.6. The van der Waals surface area contributed by atoms with Crippen LogP contribution in [0.2, 0.25) is 0 Å². The van der Waals surface area contributed by atoms with E-state index in [1.807, 2.05) is 53.4 Å². The van der Waals surface area contributed by atoms with Crippen molar-refractivity contribution >= 4 is 17.6 Å². The minimum atomic E-state index is -0.428.